The molecular weight excluding hydrogens is 188 g/mol. The number of fused-ring (bicyclic) bond motifs is 1. The van der Waals surface area contributed by atoms with E-state index in [4.69, 9.17) is 9.47 Å². The number of epoxide rings is 1. The third-order valence-electron chi connectivity index (χ3n) is 3.27. The van der Waals surface area contributed by atoms with Gasteiger partial charge in [0.25, 0.3) is 0 Å². The van der Waals surface area contributed by atoms with E-state index in [1.807, 2.05) is 6.07 Å². The van der Waals surface area contributed by atoms with Crippen LogP contribution in [0.2, 0.25) is 0 Å². The van der Waals surface area contributed by atoms with Crippen LogP contribution in [0.1, 0.15) is 24.8 Å². The van der Waals surface area contributed by atoms with Crippen molar-refractivity contribution in [2.45, 2.75) is 44.2 Å². The zero-order valence-corrected chi connectivity index (χ0v) is 8.76. The Bertz CT molecular complexity index is 323. The molecule has 2 nitrogen and oxygen atoms in total. The number of benzene rings is 1. The Morgan fingerprint density at radius 1 is 1.20 bits per heavy atom. The van der Waals surface area contributed by atoms with Crippen LogP contribution < -0.4 is 0 Å². The Morgan fingerprint density at radius 2 is 2.07 bits per heavy atom. The van der Waals surface area contributed by atoms with Gasteiger partial charge < -0.3 is 9.47 Å². The SMILES string of the molecule is c1ccc(COC2CCC[C@@H]3O[C@H]23)cc1. The lowest BCUT2D eigenvalue weighted by atomic mass is 9.98. The second-order valence-electron chi connectivity index (χ2n) is 4.41. The summed E-state index contributed by atoms with van der Waals surface area (Å²) in [6.07, 6.45) is 4.90. The molecule has 1 aromatic carbocycles. The van der Waals surface area contributed by atoms with Gasteiger partial charge in [0.1, 0.15) is 6.10 Å². The number of hydrogen-bond donors (Lipinski definition) is 0. The second-order valence-corrected chi connectivity index (χ2v) is 4.41. The molecule has 15 heavy (non-hydrogen) atoms. The molecule has 1 heterocycles. The van der Waals surface area contributed by atoms with E-state index in [1.165, 1.54) is 18.4 Å². The van der Waals surface area contributed by atoms with Crippen molar-refractivity contribution in [1.82, 2.24) is 0 Å². The van der Waals surface area contributed by atoms with Crippen molar-refractivity contribution >= 4 is 0 Å². The van der Waals surface area contributed by atoms with Gasteiger partial charge in [0.15, 0.2) is 0 Å². The first-order chi connectivity index (χ1) is 7.43. The van der Waals surface area contributed by atoms with E-state index in [0.29, 0.717) is 18.3 Å². The molecule has 1 aliphatic heterocycles. The predicted molar refractivity (Wildman–Crippen MR) is 57.5 cm³/mol. The fourth-order valence-electron chi connectivity index (χ4n) is 2.36. The molecule has 0 aromatic heterocycles. The topological polar surface area (TPSA) is 21.8 Å². The molecule has 80 valence electrons. The average molecular weight is 204 g/mol. The van der Waals surface area contributed by atoms with Gasteiger partial charge in [0.2, 0.25) is 0 Å². The van der Waals surface area contributed by atoms with Gasteiger partial charge in [0, 0.05) is 0 Å². The van der Waals surface area contributed by atoms with Gasteiger partial charge in [-0.25, -0.2) is 0 Å². The van der Waals surface area contributed by atoms with Crippen LogP contribution in [-0.2, 0) is 16.1 Å². The van der Waals surface area contributed by atoms with E-state index in [0.717, 1.165) is 13.0 Å². The van der Waals surface area contributed by atoms with Crippen molar-refractivity contribution < 1.29 is 9.47 Å². The molecule has 0 amide bonds. The van der Waals surface area contributed by atoms with Gasteiger partial charge in [-0.15, -0.1) is 0 Å². The summed E-state index contributed by atoms with van der Waals surface area (Å²) in [7, 11) is 0. The first kappa shape index (κ1) is 9.37. The molecule has 3 atom stereocenters. The summed E-state index contributed by atoms with van der Waals surface area (Å²) in [5, 5.41) is 0. The van der Waals surface area contributed by atoms with E-state index in [9.17, 15) is 0 Å². The summed E-state index contributed by atoms with van der Waals surface area (Å²) >= 11 is 0. The van der Waals surface area contributed by atoms with Gasteiger partial charge in [-0.3, -0.25) is 0 Å². The standard InChI is InChI=1S/C13H16O2/c1-2-5-10(6-3-1)9-14-11-7-4-8-12-13(11)15-12/h1-3,5-6,11-13H,4,7-9H2/t11?,12-,13+/m0/s1. The molecule has 1 aromatic rings. The van der Waals surface area contributed by atoms with Crippen molar-refractivity contribution in [2.24, 2.45) is 0 Å². The monoisotopic (exact) mass is 204 g/mol. The van der Waals surface area contributed by atoms with Crippen LogP contribution in [0, 0.1) is 0 Å². The molecule has 0 radical (unpaired) electrons. The zero-order valence-electron chi connectivity index (χ0n) is 8.76. The van der Waals surface area contributed by atoms with Crippen LogP contribution in [0.3, 0.4) is 0 Å². The maximum atomic E-state index is 5.90. The molecule has 2 heteroatoms. The lowest BCUT2D eigenvalue weighted by Crippen LogP contribution is -2.25. The zero-order chi connectivity index (χ0) is 10.1. The first-order valence-corrected chi connectivity index (χ1v) is 5.74. The normalized spacial score (nSPS) is 33.5. The smallest absolute Gasteiger partial charge is 0.110 e. The molecule has 0 spiro atoms. The van der Waals surface area contributed by atoms with E-state index in [1.54, 1.807) is 0 Å². The predicted octanol–water partition coefficient (Wildman–Crippen LogP) is 2.52. The van der Waals surface area contributed by atoms with Crippen LogP contribution in [-0.4, -0.2) is 18.3 Å². The van der Waals surface area contributed by atoms with Crippen molar-refractivity contribution in [3.05, 3.63) is 35.9 Å². The summed E-state index contributed by atoms with van der Waals surface area (Å²) in [6.45, 7) is 0.720. The van der Waals surface area contributed by atoms with Gasteiger partial charge in [-0.05, 0) is 24.8 Å². The minimum absolute atomic E-state index is 0.337. The summed E-state index contributed by atoms with van der Waals surface area (Å²) in [4.78, 5) is 0. The van der Waals surface area contributed by atoms with Crippen molar-refractivity contribution in [2.75, 3.05) is 0 Å². The third kappa shape index (κ3) is 2.06. The summed E-state index contributed by atoms with van der Waals surface area (Å²) in [5.74, 6) is 0. The lowest BCUT2D eigenvalue weighted by molar-refractivity contribution is 0.0135. The molecule has 1 unspecified atom stereocenters. The van der Waals surface area contributed by atoms with Crippen LogP contribution in [0.25, 0.3) is 0 Å². The summed E-state index contributed by atoms with van der Waals surface area (Å²) in [6, 6.07) is 10.3. The van der Waals surface area contributed by atoms with E-state index in [2.05, 4.69) is 24.3 Å². The van der Waals surface area contributed by atoms with Gasteiger partial charge in [-0.2, -0.15) is 0 Å². The van der Waals surface area contributed by atoms with Crippen LogP contribution in [0.4, 0.5) is 0 Å². The molecule has 2 fully saturated rings. The fraction of sp³-hybridized carbons (Fsp3) is 0.538. The maximum Gasteiger partial charge on any atom is 0.110 e. The maximum absolute atomic E-state index is 5.90. The Kier molecular flexibility index (Phi) is 2.47. The number of ether oxygens (including phenoxy) is 2. The molecular formula is C13H16O2. The van der Waals surface area contributed by atoms with Crippen LogP contribution in [0.5, 0.6) is 0 Å². The minimum atomic E-state index is 0.337. The van der Waals surface area contributed by atoms with Crippen molar-refractivity contribution in [1.29, 1.82) is 0 Å². The average Bonchev–Trinajstić information content (AvgIpc) is 3.07. The highest BCUT2D eigenvalue weighted by Gasteiger charge is 2.47. The van der Waals surface area contributed by atoms with Gasteiger partial charge in [0.05, 0.1) is 18.8 Å². The second kappa shape index (κ2) is 3.95. The number of rotatable bonds is 3. The first-order valence-electron chi connectivity index (χ1n) is 5.74. The van der Waals surface area contributed by atoms with Crippen molar-refractivity contribution in [3.63, 3.8) is 0 Å². The lowest BCUT2D eigenvalue weighted by Gasteiger charge is -2.18. The molecule has 0 bridgehead atoms. The molecule has 1 aliphatic carbocycles. The van der Waals surface area contributed by atoms with Crippen molar-refractivity contribution in [3.8, 4) is 0 Å². The van der Waals surface area contributed by atoms with Gasteiger partial charge >= 0.3 is 0 Å². The van der Waals surface area contributed by atoms with Crippen LogP contribution in [0.15, 0.2) is 30.3 Å². The Balaban J connectivity index is 1.54. The highest BCUT2D eigenvalue weighted by Crippen LogP contribution is 2.38. The minimum Gasteiger partial charge on any atom is -0.371 e. The Morgan fingerprint density at radius 3 is 2.93 bits per heavy atom. The summed E-state index contributed by atoms with van der Waals surface area (Å²) in [5.41, 5.74) is 1.25. The third-order valence-corrected chi connectivity index (χ3v) is 3.27. The van der Waals surface area contributed by atoms with Gasteiger partial charge in [-0.1, -0.05) is 30.3 Å². The quantitative estimate of drug-likeness (QED) is 0.706. The van der Waals surface area contributed by atoms with E-state index >= 15 is 0 Å². The Hall–Kier alpha value is -0.860. The van der Waals surface area contributed by atoms with E-state index in [-0.39, 0.29) is 0 Å². The highest BCUT2D eigenvalue weighted by molar-refractivity contribution is 5.13. The number of hydrogen-bond acceptors (Lipinski definition) is 2. The van der Waals surface area contributed by atoms with E-state index < -0.39 is 0 Å². The highest BCUT2D eigenvalue weighted by atomic mass is 16.6. The fourth-order valence-corrected chi connectivity index (χ4v) is 2.36. The van der Waals surface area contributed by atoms with Crippen LogP contribution >= 0.6 is 0 Å². The molecule has 1 saturated heterocycles. The largest absolute Gasteiger partial charge is 0.371 e. The summed E-state index contributed by atoms with van der Waals surface area (Å²) < 4.78 is 11.5. The molecule has 3 rings (SSSR count). The molecule has 0 N–H and O–H groups in total. The Labute approximate surface area is 90.2 Å². The molecule has 1 saturated carbocycles. The molecule has 2 aliphatic rings.